The zero-order chi connectivity index (χ0) is 16.3. The van der Waals surface area contributed by atoms with Crippen LogP contribution in [0.2, 0.25) is 0 Å². The normalized spacial score (nSPS) is 18.1. The van der Waals surface area contributed by atoms with Gasteiger partial charge >= 0.3 is 6.09 Å². The van der Waals surface area contributed by atoms with Crippen LogP contribution in [-0.2, 0) is 4.74 Å². The number of hydrogen-bond acceptors (Lipinski definition) is 4. The monoisotopic (exact) mass is 340 g/mol. The van der Waals surface area contributed by atoms with Crippen molar-refractivity contribution < 1.29 is 14.3 Å². The highest BCUT2D eigenvalue weighted by Crippen LogP contribution is 2.21. The summed E-state index contributed by atoms with van der Waals surface area (Å²) in [6, 6.07) is 3.86. The number of aromatic nitrogens is 1. The van der Waals surface area contributed by atoms with Gasteiger partial charge in [0, 0.05) is 30.1 Å². The molecular formula is C17H28N2O3S. The van der Waals surface area contributed by atoms with E-state index in [4.69, 9.17) is 9.47 Å². The van der Waals surface area contributed by atoms with Gasteiger partial charge in [0.25, 0.3) is 0 Å². The Hall–Kier alpha value is -1.43. The molecule has 0 bridgehead atoms. The second kappa shape index (κ2) is 7.90. The summed E-state index contributed by atoms with van der Waals surface area (Å²) in [5.74, 6) is 0.820. The predicted molar refractivity (Wildman–Crippen MR) is 95.5 cm³/mol. The minimum atomic E-state index is -0.468. The Balaban J connectivity index is 0.00000264. The molecule has 0 radical (unpaired) electrons. The van der Waals surface area contributed by atoms with E-state index < -0.39 is 5.60 Å². The fourth-order valence-corrected chi connectivity index (χ4v) is 2.58. The fourth-order valence-electron chi connectivity index (χ4n) is 2.58. The summed E-state index contributed by atoms with van der Waals surface area (Å²) in [7, 11) is 0. The van der Waals surface area contributed by atoms with E-state index in [1.165, 1.54) is 0 Å². The molecule has 0 unspecified atom stereocenters. The Morgan fingerprint density at radius 2 is 1.87 bits per heavy atom. The topological polar surface area (TPSA) is 51.7 Å². The molecule has 6 heteroatoms. The van der Waals surface area contributed by atoms with Crippen LogP contribution in [0.25, 0.3) is 0 Å². The molecule has 1 aromatic heterocycles. The molecule has 2 rings (SSSR count). The number of amides is 1. The van der Waals surface area contributed by atoms with Crippen molar-refractivity contribution in [3.8, 4) is 5.75 Å². The molecule has 23 heavy (non-hydrogen) atoms. The van der Waals surface area contributed by atoms with Crippen molar-refractivity contribution in [3.05, 3.63) is 23.5 Å². The maximum Gasteiger partial charge on any atom is 0.410 e. The third-order valence-corrected chi connectivity index (χ3v) is 3.39. The van der Waals surface area contributed by atoms with E-state index in [1.807, 2.05) is 46.8 Å². The molecule has 0 N–H and O–H groups in total. The summed E-state index contributed by atoms with van der Waals surface area (Å²) in [4.78, 5) is 18.2. The summed E-state index contributed by atoms with van der Waals surface area (Å²) in [6.07, 6.45) is 1.61. The number of aryl methyl sites for hydroxylation is 2. The summed E-state index contributed by atoms with van der Waals surface area (Å²) < 4.78 is 11.5. The highest BCUT2D eigenvalue weighted by Gasteiger charge is 2.28. The van der Waals surface area contributed by atoms with E-state index >= 15 is 0 Å². The third kappa shape index (κ3) is 6.29. The van der Waals surface area contributed by atoms with Gasteiger partial charge in [0.2, 0.25) is 0 Å². The van der Waals surface area contributed by atoms with Crippen LogP contribution in [0.5, 0.6) is 5.75 Å². The van der Waals surface area contributed by atoms with E-state index in [1.54, 1.807) is 4.90 Å². The lowest BCUT2D eigenvalue weighted by atomic mass is 10.1. The lowest BCUT2D eigenvalue weighted by Gasteiger charge is -2.34. The first-order valence-electron chi connectivity index (χ1n) is 7.83. The number of likely N-dealkylation sites (tertiary alicyclic amines) is 1. The number of ether oxygens (including phenoxy) is 2. The molecule has 0 aliphatic carbocycles. The predicted octanol–water partition coefficient (Wildman–Crippen LogP) is 3.59. The third-order valence-electron chi connectivity index (χ3n) is 3.39. The highest BCUT2D eigenvalue weighted by molar-refractivity contribution is 7.59. The number of hydrogen-bond donors (Lipinski definition) is 0. The fraction of sp³-hybridized carbons (Fsp3) is 0.647. The van der Waals surface area contributed by atoms with E-state index in [-0.39, 0.29) is 25.7 Å². The zero-order valence-corrected chi connectivity index (χ0v) is 15.7. The highest BCUT2D eigenvalue weighted by atomic mass is 32.1. The molecule has 1 amide bonds. The van der Waals surface area contributed by atoms with Crippen LogP contribution in [0.15, 0.2) is 12.1 Å². The largest absolute Gasteiger partial charge is 0.488 e. The van der Waals surface area contributed by atoms with Crippen molar-refractivity contribution in [2.75, 3.05) is 13.1 Å². The van der Waals surface area contributed by atoms with Crippen LogP contribution in [0.3, 0.4) is 0 Å². The Labute approximate surface area is 145 Å². The molecule has 1 aromatic rings. The van der Waals surface area contributed by atoms with E-state index in [2.05, 4.69) is 4.98 Å². The maximum absolute atomic E-state index is 12.2. The minimum Gasteiger partial charge on any atom is -0.488 e. The van der Waals surface area contributed by atoms with Gasteiger partial charge in [-0.15, -0.1) is 0 Å². The lowest BCUT2D eigenvalue weighted by molar-refractivity contribution is 0.00773. The van der Waals surface area contributed by atoms with Gasteiger partial charge in [-0.3, -0.25) is 4.98 Å². The number of rotatable bonds is 2. The van der Waals surface area contributed by atoms with Gasteiger partial charge < -0.3 is 14.4 Å². The lowest BCUT2D eigenvalue weighted by Crippen LogP contribution is -2.46. The average Bonchev–Trinajstić information content (AvgIpc) is 2.35. The molecule has 130 valence electrons. The molecule has 0 aromatic carbocycles. The summed E-state index contributed by atoms with van der Waals surface area (Å²) >= 11 is 0. The molecule has 1 aliphatic rings. The SMILES string of the molecule is Cc1cc(O[C@H]2CCCN(C(=O)OC(C)(C)C)C2)cc(C)n1.S. The number of pyridine rings is 1. The van der Waals surface area contributed by atoms with Crippen LogP contribution >= 0.6 is 13.5 Å². The van der Waals surface area contributed by atoms with Crippen molar-refractivity contribution in [2.45, 2.75) is 59.2 Å². The van der Waals surface area contributed by atoms with Gasteiger partial charge in [-0.2, -0.15) is 13.5 Å². The minimum absolute atomic E-state index is 0. The summed E-state index contributed by atoms with van der Waals surface area (Å²) in [6.45, 7) is 10.8. The summed E-state index contributed by atoms with van der Waals surface area (Å²) in [5, 5.41) is 0. The Bertz CT molecular complexity index is 523. The second-order valence-corrected chi connectivity index (χ2v) is 6.89. The van der Waals surface area contributed by atoms with Gasteiger partial charge in [0.1, 0.15) is 17.5 Å². The average molecular weight is 340 g/mol. The number of carbonyl (C=O) groups excluding carboxylic acids is 1. The van der Waals surface area contributed by atoms with Gasteiger partial charge in [-0.05, 0) is 47.5 Å². The van der Waals surface area contributed by atoms with Gasteiger partial charge in [-0.25, -0.2) is 4.79 Å². The molecule has 2 heterocycles. The zero-order valence-electron chi connectivity index (χ0n) is 14.7. The number of carbonyl (C=O) groups is 1. The first-order chi connectivity index (χ1) is 10.2. The van der Waals surface area contributed by atoms with Crippen LogP contribution in [0.1, 0.15) is 45.0 Å². The van der Waals surface area contributed by atoms with Crippen molar-refractivity contribution >= 4 is 19.6 Å². The molecule has 1 saturated heterocycles. The number of nitrogens with zero attached hydrogens (tertiary/aromatic N) is 2. The quantitative estimate of drug-likeness (QED) is 0.825. The van der Waals surface area contributed by atoms with Crippen molar-refractivity contribution in [1.29, 1.82) is 0 Å². The van der Waals surface area contributed by atoms with Crippen molar-refractivity contribution in [3.63, 3.8) is 0 Å². The van der Waals surface area contributed by atoms with Crippen molar-refractivity contribution in [1.82, 2.24) is 9.88 Å². The summed E-state index contributed by atoms with van der Waals surface area (Å²) in [5.41, 5.74) is 1.41. The van der Waals surface area contributed by atoms with E-state index in [9.17, 15) is 4.79 Å². The smallest absolute Gasteiger partial charge is 0.410 e. The van der Waals surface area contributed by atoms with Gasteiger partial charge in [0.15, 0.2) is 0 Å². The standard InChI is InChI=1S/C17H26N2O3.H2S/c1-12-9-15(10-13(2)18-12)21-14-7-6-8-19(11-14)16(20)22-17(3,4)5;/h9-10,14H,6-8,11H2,1-5H3;1H2/t14-;/m0./s1. The van der Waals surface area contributed by atoms with E-state index in [0.29, 0.717) is 6.54 Å². The Morgan fingerprint density at radius 1 is 1.26 bits per heavy atom. The van der Waals surface area contributed by atoms with Crippen LogP contribution < -0.4 is 4.74 Å². The van der Waals surface area contributed by atoms with E-state index in [0.717, 1.165) is 36.5 Å². The van der Waals surface area contributed by atoms with Crippen LogP contribution in [-0.4, -0.2) is 40.8 Å². The number of piperidine rings is 1. The molecular weight excluding hydrogens is 312 g/mol. The second-order valence-electron chi connectivity index (χ2n) is 6.89. The van der Waals surface area contributed by atoms with Crippen LogP contribution in [0.4, 0.5) is 4.79 Å². The molecule has 5 nitrogen and oxygen atoms in total. The first-order valence-corrected chi connectivity index (χ1v) is 7.83. The molecule has 0 saturated carbocycles. The molecule has 1 aliphatic heterocycles. The Kier molecular flexibility index (Phi) is 6.74. The molecule has 1 atom stereocenters. The van der Waals surface area contributed by atoms with Crippen LogP contribution in [0, 0.1) is 13.8 Å². The van der Waals surface area contributed by atoms with Gasteiger partial charge in [0.05, 0.1) is 6.54 Å². The maximum atomic E-state index is 12.2. The molecule has 1 fully saturated rings. The van der Waals surface area contributed by atoms with Gasteiger partial charge in [-0.1, -0.05) is 0 Å². The molecule has 0 spiro atoms. The Morgan fingerprint density at radius 3 is 2.43 bits per heavy atom. The first kappa shape index (κ1) is 19.6. The van der Waals surface area contributed by atoms with Crippen molar-refractivity contribution in [2.24, 2.45) is 0 Å².